The summed E-state index contributed by atoms with van der Waals surface area (Å²) in [6.07, 6.45) is 4.67. The molecule has 0 spiro atoms. The van der Waals surface area contributed by atoms with E-state index in [1.165, 1.54) is 0 Å². The second-order valence-electron chi connectivity index (χ2n) is 7.48. The molecule has 0 atom stereocenters. The molecule has 0 aliphatic carbocycles. The number of hydrogen-bond acceptors (Lipinski definition) is 4. The first-order chi connectivity index (χ1) is 13.9. The van der Waals surface area contributed by atoms with E-state index in [-0.39, 0.29) is 11.7 Å². The summed E-state index contributed by atoms with van der Waals surface area (Å²) in [6.45, 7) is 3.13. The van der Waals surface area contributed by atoms with E-state index in [9.17, 15) is 4.79 Å². The molecule has 2 aliphatic rings. The maximum atomic E-state index is 15.2. The summed E-state index contributed by atoms with van der Waals surface area (Å²) in [6, 6.07) is 3.64. The average molecular weight is 396 g/mol. The van der Waals surface area contributed by atoms with Crippen LogP contribution in [0.5, 0.6) is 0 Å². The van der Waals surface area contributed by atoms with Crippen LogP contribution in [0.25, 0.3) is 11.1 Å². The molecule has 0 unspecified atom stereocenters. The van der Waals surface area contributed by atoms with Crippen LogP contribution in [0.15, 0.2) is 35.8 Å². The van der Waals surface area contributed by atoms with Gasteiger partial charge < -0.3 is 15.1 Å². The maximum Gasteiger partial charge on any atom is 0.219 e. The van der Waals surface area contributed by atoms with Gasteiger partial charge in [-0.3, -0.25) is 14.9 Å². The van der Waals surface area contributed by atoms with Gasteiger partial charge in [-0.25, -0.2) is 4.39 Å². The number of rotatable bonds is 3. The third-order valence-corrected chi connectivity index (χ3v) is 5.76. The Hall–Kier alpha value is -3.16. The Morgan fingerprint density at radius 1 is 1.28 bits per heavy atom. The molecule has 152 valence electrons. The number of fused-ring (bicyclic) bond motifs is 1. The molecule has 3 heterocycles. The summed E-state index contributed by atoms with van der Waals surface area (Å²) < 4.78 is 16.9. The lowest BCUT2D eigenvalue weighted by Crippen LogP contribution is -2.43. The van der Waals surface area contributed by atoms with E-state index < -0.39 is 0 Å². The molecule has 0 fully saturated rings. The Morgan fingerprint density at radius 2 is 2.07 bits per heavy atom. The number of nitrogens with one attached hydrogen (secondary N) is 2. The fraction of sp³-hybridized carbons (Fsp3) is 0.381. The van der Waals surface area contributed by atoms with Crippen LogP contribution < -0.4 is 10.2 Å². The van der Waals surface area contributed by atoms with Crippen molar-refractivity contribution < 1.29 is 9.18 Å². The van der Waals surface area contributed by atoms with Crippen LogP contribution >= 0.6 is 0 Å². The minimum absolute atomic E-state index is 0.000526. The van der Waals surface area contributed by atoms with Gasteiger partial charge in [0.25, 0.3) is 0 Å². The fourth-order valence-corrected chi connectivity index (χ4v) is 4.15. The monoisotopic (exact) mass is 396 g/mol. The molecule has 8 heteroatoms. The zero-order valence-electron chi connectivity index (χ0n) is 16.9. The van der Waals surface area contributed by atoms with Crippen molar-refractivity contribution in [3.8, 4) is 11.1 Å². The van der Waals surface area contributed by atoms with Crippen LogP contribution in [0.3, 0.4) is 0 Å². The molecule has 0 saturated heterocycles. The minimum atomic E-state index is -0.248. The van der Waals surface area contributed by atoms with Crippen LogP contribution in [-0.2, 0) is 18.3 Å². The van der Waals surface area contributed by atoms with Crippen LogP contribution in [0.4, 0.5) is 10.1 Å². The van der Waals surface area contributed by atoms with E-state index in [0.717, 1.165) is 22.5 Å². The fourth-order valence-electron chi connectivity index (χ4n) is 4.15. The molecule has 2 aromatic rings. The van der Waals surface area contributed by atoms with E-state index in [1.807, 2.05) is 18.0 Å². The Labute approximate surface area is 169 Å². The number of anilines is 1. The molecule has 29 heavy (non-hydrogen) atoms. The number of carbonyl (C=O) groups is 1. The largest absolute Gasteiger partial charge is 0.391 e. The molecule has 1 amide bonds. The van der Waals surface area contributed by atoms with Crippen molar-refractivity contribution in [2.45, 2.75) is 19.8 Å². The number of amidine groups is 1. The van der Waals surface area contributed by atoms with Crippen LogP contribution in [0.2, 0.25) is 0 Å². The molecular formula is C21H25FN6O. The molecule has 0 bridgehead atoms. The highest BCUT2D eigenvalue weighted by molar-refractivity contribution is 6.10. The lowest BCUT2D eigenvalue weighted by molar-refractivity contribution is -0.128. The van der Waals surface area contributed by atoms with Gasteiger partial charge in [0.15, 0.2) is 0 Å². The number of aryl methyl sites for hydroxylation is 1. The summed E-state index contributed by atoms with van der Waals surface area (Å²) in [7, 11) is 3.64. The molecule has 2 N–H and O–H groups in total. The highest BCUT2D eigenvalue weighted by Gasteiger charge is 2.31. The van der Waals surface area contributed by atoms with Crippen molar-refractivity contribution in [2.75, 3.05) is 31.6 Å². The summed E-state index contributed by atoms with van der Waals surface area (Å²) >= 11 is 0. The number of hydrogen-bond donors (Lipinski definition) is 2. The van der Waals surface area contributed by atoms with Crippen molar-refractivity contribution in [2.24, 2.45) is 7.05 Å². The first-order valence-electron chi connectivity index (χ1n) is 9.72. The van der Waals surface area contributed by atoms with E-state index >= 15 is 4.39 Å². The predicted octanol–water partition coefficient (Wildman–Crippen LogP) is 2.29. The molecule has 2 aliphatic heterocycles. The van der Waals surface area contributed by atoms with E-state index in [0.29, 0.717) is 49.4 Å². The molecule has 1 aromatic carbocycles. The van der Waals surface area contributed by atoms with E-state index in [2.05, 4.69) is 10.4 Å². The number of benzene rings is 1. The number of nitrogens with zero attached hydrogens (tertiary/aromatic N) is 4. The molecule has 1 aromatic heterocycles. The number of amides is 1. The Morgan fingerprint density at radius 3 is 2.72 bits per heavy atom. The molecule has 4 rings (SSSR count). The molecule has 7 nitrogen and oxygen atoms in total. The zero-order chi connectivity index (χ0) is 20.7. The first kappa shape index (κ1) is 19.2. The quantitative estimate of drug-likeness (QED) is 0.617. The Kier molecular flexibility index (Phi) is 4.86. The summed E-state index contributed by atoms with van der Waals surface area (Å²) in [4.78, 5) is 15.4. The maximum absolute atomic E-state index is 15.2. The van der Waals surface area contributed by atoms with Gasteiger partial charge in [-0.2, -0.15) is 5.10 Å². The minimum Gasteiger partial charge on any atom is -0.391 e. The topological polar surface area (TPSA) is 77.2 Å². The molecule has 0 saturated carbocycles. The van der Waals surface area contributed by atoms with Gasteiger partial charge in [0, 0.05) is 80.4 Å². The highest BCUT2D eigenvalue weighted by atomic mass is 19.1. The van der Waals surface area contributed by atoms with Crippen LogP contribution in [0.1, 0.15) is 18.9 Å². The van der Waals surface area contributed by atoms with Gasteiger partial charge in [0.1, 0.15) is 11.7 Å². The Bertz CT molecular complexity index is 1020. The highest BCUT2D eigenvalue weighted by Crippen LogP contribution is 2.36. The van der Waals surface area contributed by atoms with Crippen molar-refractivity contribution >= 4 is 17.4 Å². The lowest BCUT2D eigenvalue weighted by Gasteiger charge is -2.33. The first-order valence-corrected chi connectivity index (χ1v) is 9.72. The third-order valence-electron chi connectivity index (χ3n) is 5.76. The smallest absolute Gasteiger partial charge is 0.219 e. The average Bonchev–Trinajstić information content (AvgIpc) is 3.34. The standard InChI is InChI=1S/C21H25FN6O/c1-13(29)27-8-7-18(24-2)17(12-27)21(23)28-9-6-16-19(28)5-4-15(20(16)22)14-10-25-26(3)11-14/h4-5,10-11,23-24H,6-9,12H2,1-3H3. The van der Waals surface area contributed by atoms with Gasteiger partial charge >= 0.3 is 0 Å². The van der Waals surface area contributed by atoms with Crippen LogP contribution in [-0.4, -0.2) is 53.1 Å². The SMILES string of the molecule is CNC1=C(C(=N)N2CCc3c2ccc(-c2cnn(C)c2)c3F)CN(C(C)=O)CC1. The van der Waals surface area contributed by atoms with E-state index in [1.54, 1.807) is 42.0 Å². The van der Waals surface area contributed by atoms with E-state index in [4.69, 9.17) is 5.41 Å². The third kappa shape index (κ3) is 3.28. The Balaban J connectivity index is 1.67. The van der Waals surface area contributed by atoms with Crippen molar-refractivity contribution in [1.29, 1.82) is 5.41 Å². The predicted molar refractivity (Wildman–Crippen MR) is 110 cm³/mol. The van der Waals surface area contributed by atoms with Gasteiger partial charge in [-0.15, -0.1) is 0 Å². The van der Waals surface area contributed by atoms with Gasteiger partial charge in [-0.05, 0) is 18.6 Å². The van der Waals surface area contributed by atoms with Crippen LogP contribution in [0, 0.1) is 11.2 Å². The van der Waals surface area contributed by atoms with Gasteiger partial charge in [0.2, 0.25) is 5.91 Å². The molecular weight excluding hydrogens is 371 g/mol. The van der Waals surface area contributed by atoms with Gasteiger partial charge in [-0.1, -0.05) is 0 Å². The summed E-state index contributed by atoms with van der Waals surface area (Å²) in [5, 5.41) is 16.1. The van der Waals surface area contributed by atoms with Crippen molar-refractivity contribution in [3.63, 3.8) is 0 Å². The lowest BCUT2D eigenvalue weighted by atomic mass is 10.0. The number of carbonyl (C=O) groups excluding carboxylic acids is 1. The van der Waals surface area contributed by atoms with Crippen molar-refractivity contribution in [1.82, 2.24) is 20.0 Å². The second kappa shape index (κ2) is 7.35. The molecule has 0 radical (unpaired) electrons. The second-order valence-corrected chi connectivity index (χ2v) is 7.48. The normalized spacial score (nSPS) is 16.3. The summed E-state index contributed by atoms with van der Waals surface area (Å²) in [5.74, 6) is 0.0784. The van der Waals surface area contributed by atoms with Crippen molar-refractivity contribution in [3.05, 3.63) is 47.2 Å². The summed E-state index contributed by atoms with van der Waals surface area (Å²) in [5.41, 5.74) is 4.38. The van der Waals surface area contributed by atoms with Gasteiger partial charge in [0.05, 0.1) is 12.7 Å². The number of aromatic nitrogens is 2. The number of halogens is 1. The zero-order valence-corrected chi connectivity index (χ0v) is 16.9.